The number of nitrogens with zero attached hydrogens (tertiary/aromatic N) is 1. The molecule has 1 aliphatic heterocycles. The predicted molar refractivity (Wildman–Crippen MR) is 90.8 cm³/mol. The van der Waals surface area contributed by atoms with Crippen molar-refractivity contribution in [2.45, 2.75) is 25.9 Å². The summed E-state index contributed by atoms with van der Waals surface area (Å²) in [6.45, 7) is 1.20. The van der Waals surface area contributed by atoms with Crippen LogP contribution < -0.4 is 0 Å². The lowest BCUT2D eigenvalue weighted by atomic mass is 9.98. The van der Waals surface area contributed by atoms with Crippen LogP contribution in [0.15, 0.2) is 36.4 Å². The largest absolute Gasteiger partial charge is 0.392 e. The summed E-state index contributed by atoms with van der Waals surface area (Å²) in [5, 5.41) is 9.07. The Balaban J connectivity index is 1.56. The highest BCUT2D eigenvalue weighted by molar-refractivity contribution is 5.79. The number of aliphatic hydroxyl groups excluding tert-OH is 1. The number of hydrogen-bond donors (Lipinski definition) is 1. The van der Waals surface area contributed by atoms with E-state index in [9.17, 15) is 18.0 Å². The van der Waals surface area contributed by atoms with Gasteiger partial charge in [0.2, 0.25) is 5.91 Å². The summed E-state index contributed by atoms with van der Waals surface area (Å²) in [5.74, 6) is -3.97. The van der Waals surface area contributed by atoms with Crippen LogP contribution in [0.4, 0.5) is 13.2 Å². The highest BCUT2D eigenvalue weighted by atomic mass is 19.2. The van der Waals surface area contributed by atoms with E-state index in [4.69, 9.17) is 5.11 Å². The molecule has 0 bridgehead atoms. The topological polar surface area (TPSA) is 40.5 Å². The molecule has 1 amide bonds. The van der Waals surface area contributed by atoms with Gasteiger partial charge in [-0.3, -0.25) is 4.79 Å². The van der Waals surface area contributed by atoms with Gasteiger partial charge in [-0.15, -0.1) is 0 Å². The molecule has 0 saturated carbocycles. The second kappa shape index (κ2) is 7.91. The maximum Gasteiger partial charge on any atom is 0.227 e. The van der Waals surface area contributed by atoms with Crippen molar-refractivity contribution in [1.82, 2.24) is 4.90 Å². The van der Waals surface area contributed by atoms with Gasteiger partial charge in [0, 0.05) is 13.1 Å². The number of carbonyl (C=O) groups excluding carboxylic acids is 1. The van der Waals surface area contributed by atoms with Crippen LogP contribution in [0.5, 0.6) is 0 Å². The number of carbonyl (C=O) groups is 1. The Bertz CT molecular complexity index is 769. The van der Waals surface area contributed by atoms with E-state index in [0.717, 1.165) is 36.1 Å². The Morgan fingerprint density at radius 2 is 1.65 bits per heavy atom. The molecule has 0 spiro atoms. The third-order valence-electron chi connectivity index (χ3n) is 4.77. The van der Waals surface area contributed by atoms with E-state index in [2.05, 4.69) is 0 Å². The zero-order chi connectivity index (χ0) is 18.7. The molecule has 1 atom stereocenters. The van der Waals surface area contributed by atoms with E-state index in [-0.39, 0.29) is 24.5 Å². The Morgan fingerprint density at radius 1 is 1.04 bits per heavy atom. The first-order valence-corrected chi connectivity index (χ1v) is 8.56. The van der Waals surface area contributed by atoms with E-state index < -0.39 is 17.5 Å². The average Bonchev–Trinajstić information content (AvgIpc) is 3.09. The zero-order valence-corrected chi connectivity index (χ0v) is 14.2. The highest BCUT2D eigenvalue weighted by Crippen LogP contribution is 2.22. The van der Waals surface area contributed by atoms with Gasteiger partial charge in [0.05, 0.1) is 13.0 Å². The first-order valence-electron chi connectivity index (χ1n) is 8.56. The number of benzene rings is 2. The second-order valence-corrected chi connectivity index (χ2v) is 6.72. The van der Waals surface area contributed by atoms with Gasteiger partial charge in [0.15, 0.2) is 17.5 Å². The molecule has 3 nitrogen and oxygen atoms in total. The maximum absolute atomic E-state index is 13.3. The molecule has 2 aromatic carbocycles. The van der Waals surface area contributed by atoms with Crippen LogP contribution in [0.3, 0.4) is 0 Å². The fourth-order valence-electron chi connectivity index (χ4n) is 3.34. The monoisotopic (exact) mass is 363 g/mol. The minimum absolute atomic E-state index is 0.0105. The molecule has 0 radical (unpaired) electrons. The van der Waals surface area contributed by atoms with Gasteiger partial charge >= 0.3 is 0 Å². The summed E-state index contributed by atoms with van der Waals surface area (Å²) in [7, 11) is 0. The zero-order valence-electron chi connectivity index (χ0n) is 14.2. The summed E-state index contributed by atoms with van der Waals surface area (Å²) in [4.78, 5) is 14.0. The normalized spacial score (nSPS) is 16.9. The van der Waals surface area contributed by atoms with Crippen LogP contribution in [-0.2, 0) is 24.2 Å². The van der Waals surface area contributed by atoms with Gasteiger partial charge in [-0.25, -0.2) is 13.2 Å². The van der Waals surface area contributed by atoms with Crippen molar-refractivity contribution in [2.75, 3.05) is 13.1 Å². The molecule has 3 rings (SSSR count). The number of likely N-dealkylation sites (tertiary alicyclic amines) is 1. The molecular weight excluding hydrogens is 343 g/mol. The number of aliphatic hydroxyl groups is 1. The van der Waals surface area contributed by atoms with E-state index in [1.807, 2.05) is 24.3 Å². The molecule has 1 aliphatic rings. The Kier molecular flexibility index (Phi) is 5.61. The Hall–Kier alpha value is -2.34. The summed E-state index contributed by atoms with van der Waals surface area (Å²) < 4.78 is 39.5. The molecule has 0 unspecified atom stereocenters. The molecule has 0 aromatic heterocycles. The van der Waals surface area contributed by atoms with Crippen molar-refractivity contribution >= 4 is 5.91 Å². The van der Waals surface area contributed by atoms with Crippen LogP contribution in [-0.4, -0.2) is 29.0 Å². The smallest absolute Gasteiger partial charge is 0.227 e. The van der Waals surface area contributed by atoms with Crippen LogP contribution in [0.1, 0.15) is 23.1 Å². The molecule has 1 heterocycles. The summed E-state index contributed by atoms with van der Waals surface area (Å²) in [6.07, 6.45) is 1.54. The van der Waals surface area contributed by atoms with Crippen LogP contribution in [0.25, 0.3) is 0 Å². The molecule has 0 aliphatic carbocycles. The number of rotatable bonds is 5. The van der Waals surface area contributed by atoms with Gasteiger partial charge in [-0.2, -0.15) is 0 Å². The first kappa shape index (κ1) is 18.5. The minimum Gasteiger partial charge on any atom is -0.392 e. The SMILES string of the molecule is O=C(Cc1cc(F)c(F)c(F)c1)N1CC[C@@H](Cc2ccc(CO)cc2)C1. The quantitative estimate of drug-likeness (QED) is 0.829. The fraction of sp³-hybridized carbons (Fsp3) is 0.350. The summed E-state index contributed by atoms with van der Waals surface area (Å²) >= 11 is 0. The second-order valence-electron chi connectivity index (χ2n) is 6.72. The molecule has 1 fully saturated rings. The van der Waals surface area contributed by atoms with Crippen molar-refractivity contribution in [1.29, 1.82) is 0 Å². The molecular formula is C20H20F3NO2. The van der Waals surface area contributed by atoms with Crippen LogP contribution in [0, 0.1) is 23.4 Å². The Morgan fingerprint density at radius 3 is 2.27 bits per heavy atom. The van der Waals surface area contributed by atoms with Crippen molar-refractivity contribution in [3.05, 3.63) is 70.5 Å². The van der Waals surface area contributed by atoms with E-state index in [0.29, 0.717) is 19.0 Å². The van der Waals surface area contributed by atoms with Gasteiger partial charge in [-0.05, 0) is 47.6 Å². The van der Waals surface area contributed by atoms with Crippen molar-refractivity contribution in [3.8, 4) is 0 Å². The molecule has 6 heteroatoms. The molecule has 1 saturated heterocycles. The van der Waals surface area contributed by atoms with Crippen molar-refractivity contribution < 1.29 is 23.1 Å². The van der Waals surface area contributed by atoms with Gasteiger partial charge < -0.3 is 10.0 Å². The molecule has 138 valence electrons. The molecule has 2 aromatic rings. The van der Waals surface area contributed by atoms with E-state index >= 15 is 0 Å². The lowest BCUT2D eigenvalue weighted by Crippen LogP contribution is -2.30. The van der Waals surface area contributed by atoms with E-state index in [1.54, 1.807) is 4.90 Å². The highest BCUT2D eigenvalue weighted by Gasteiger charge is 2.26. The van der Waals surface area contributed by atoms with Gasteiger partial charge in [0.25, 0.3) is 0 Å². The number of hydrogen-bond acceptors (Lipinski definition) is 2. The third-order valence-corrected chi connectivity index (χ3v) is 4.77. The minimum atomic E-state index is -1.52. The van der Waals surface area contributed by atoms with Crippen LogP contribution >= 0.6 is 0 Å². The number of halogens is 3. The number of amides is 1. The molecule has 1 N–H and O–H groups in total. The van der Waals surface area contributed by atoms with Crippen molar-refractivity contribution in [2.24, 2.45) is 5.92 Å². The first-order chi connectivity index (χ1) is 12.5. The maximum atomic E-state index is 13.3. The lowest BCUT2D eigenvalue weighted by Gasteiger charge is -2.17. The third kappa shape index (κ3) is 4.25. The fourth-order valence-corrected chi connectivity index (χ4v) is 3.34. The lowest BCUT2D eigenvalue weighted by molar-refractivity contribution is -0.129. The predicted octanol–water partition coefficient (Wildman–Crippen LogP) is 3.23. The van der Waals surface area contributed by atoms with Gasteiger partial charge in [0.1, 0.15) is 0 Å². The van der Waals surface area contributed by atoms with Crippen molar-refractivity contribution in [3.63, 3.8) is 0 Å². The Labute approximate surface area is 150 Å². The molecule has 26 heavy (non-hydrogen) atoms. The summed E-state index contributed by atoms with van der Waals surface area (Å²) in [6, 6.07) is 9.44. The average molecular weight is 363 g/mol. The van der Waals surface area contributed by atoms with Gasteiger partial charge in [-0.1, -0.05) is 24.3 Å². The van der Waals surface area contributed by atoms with Crippen LogP contribution in [0.2, 0.25) is 0 Å². The van der Waals surface area contributed by atoms with E-state index in [1.165, 1.54) is 0 Å². The standard InChI is InChI=1S/C20H20F3NO2/c21-17-8-16(9-18(22)20(17)23)10-19(26)24-6-5-15(11-24)7-13-1-3-14(12-25)4-2-13/h1-4,8-9,15,25H,5-7,10-12H2/t15-/m0/s1. The summed E-state index contributed by atoms with van der Waals surface area (Å²) in [5.41, 5.74) is 2.13.